The summed E-state index contributed by atoms with van der Waals surface area (Å²) in [5.41, 5.74) is 0. The highest BCUT2D eigenvalue weighted by Crippen LogP contribution is 2.09. The van der Waals surface area contributed by atoms with Gasteiger partial charge in [0, 0.05) is 25.0 Å². The second kappa shape index (κ2) is 6.62. The highest BCUT2D eigenvalue weighted by Gasteiger charge is 2.14. The third-order valence-electron chi connectivity index (χ3n) is 2.95. The lowest BCUT2D eigenvalue weighted by Gasteiger charge is -2.24. The highest BCUT2D eigenvalue weighted by molar-refractivity contribution is 4.80. The van der Waals surface area contributed by atoms with Gasteiger partial charge in [0.25, 0.3) is 0 Å². The zero-order valence-corrected chi connectivity index (χ0v) is 10.1. The van der Waals surface area contributed by atoms with Crippen molar-refractivity contribution in [3.05, 3.63) is 18.7 Å². The van der Waals surface area contributed by atoms with Crippen LogP contribution in [0.1, 0.15) is 33.6 Å². The molecule has 0 aliphatic rings. The maximum Gasteiger partial charge on any atom is 0.0946 e. The van der Waals surface area contributed by atoms with E-state index in [0.717, 1.165) is 13.1 Å². The Balaban J connectivity index is 2.48. The molecule has 0 saturated heterocycles. The van der Waals surface area contributed by atoms with Crippen LogP contribution in [-0.2, 0) is 6.54 Å². The van der Waals surface area contributed by atoms with Gasteiger partial charge in [-0.05, 0) is 18.9 Å². The van der Waals surface area contributed by atoms with E-state index < -0.39 is 0 Å². The van der Waals surface area contributed by atoms with Gasteiger partial charge in [-0.15, -0.1) is 0 Å². The summed E-state index contributed by atoms with van der Waals surface area (Å²) < 4.78 is 2.15. The van der Waals surface area contributed by atoms with Crippen LogP contribution >= 0.6 is 0 Å². The minimum Gasteiger partial charge on any atom is -0.336 e. The molecule has 0 fully saturated rings. The number of imidazole rings is 1. The molecule has 0 saturated carbocycles. The summed E-state index contributed by atoms with van der Waals surface area (Å²) in [7, 11) is 0. The van der Waals surface area contributed by atoms with Crippen LogP contribution < -0.4 is 5.32 Å². The van der Waals surface area contributed by atoms with Crippen LogP contribution in [0.2, 0.25) is 0 Å². The molecular formula is C12H23N3. The molecule has 0 spiro atoms. The Labute approximate surface area is 92.9 Å². The first-order valence-electron chi connectivity index (χ1n) is 5.97. The van der Waals surface area contributed by atoms with Crippen molar-refractivity contribution >= 4 is 0 Å². The molecular weight excluding hydrogens is 186 g/mol. The van der Waals surface area contributed by atoms with E-state index in [0.29, 0.717) is 12.0 Å². The van der Waals surface area contributed by atoms with E-state index in [-0.39, 0.29) is 0 Å². The smallest absolute Gasteiger partial charge is 0.0946 e. The Morgan fingerprint density at radius 1 is 1.40 bits per heavy atom. The van der Waals surface area contributed by atoms with Gasteiger partial charge >= 0.3 is 0 Å². The number of nitrogens with one attached hydrogen (secondary N) is 1. The molecule has 1 heterocycles. The van der Waals surface area contributed by atoms with E-state index in [1.165, 1.54) is 12.8 Å². The normalized spacial score (nSPS) is 15.1. The molecule has 0 amide bonds. The molecule has 0 radical (unpaired) electrons. The number of nitrogens with zero attached hydrogens (tertiary/aromatic N) is 2. The van der Waals surface area contributed by atoms with Crippen molar-refractivity contribution in [1.82, 2.24) is 14.9 Å². The van der Waals surface area contributed by atoms with Crippen molar-refractivity contribution in [3.8, 4) is 0 Å². The van der Waals surface area contributed by atoms with Crippen molar-refractivity contribution < 1.29 is 0 Å². The van der Waals surface area contributed by atoms with Gasteiger partial charge in [0.2, 0.25) is 0 Å². The maximum atomic E-state index is 4.08. The summed E-state index contributed by atoms with van der Waals surface area (Å²) in [5.74, 6) is 0.707. The van der Waals surface area contributed by atoms with Gasteiger partial charge in [0.1, 0.15) is 0 Å². The lowest BCUT2D eigenvalue weighted by Crippen LogP contribution is -2.38. The molecule has 1 N–H and O–H groups in total. The lowest BCUT2D eigenvalue weighted by atomic mass is 9.99. The Bertz CT molecular complexity index is 243. The van der Waals surface area contributed by atoms with E-state index in [4.69, 9.17) is 0 Å². The lowest BCUT2D eigenvalue weighted by molar-refractivity contribution is 0.330. The summed E-state index contributed by atoms with van der Waals surface area (Å²) >= 11 is 0. The van der Waals surface area contributed by atoms with Gasteiger partial charge in [0.05, 0.1) is 6.33 Å². The number of rotatable bonds is 7. The van der Waals surface area contributed by atoms with Gasteiger partial charge in [-0.25, -0.2) is 4.98 Å². The first kappa shape index (κ1) is 12.2. The minimum absolute atomic E-state index is 0.559. The first-order chi connectivity index (χ1) is 7.27. The van der Waals surface area contributed by atoms with Gasteiger partial charge in [-0.1, -0.05) is 27.2 Å². The SMILES string of the molecule is CCCNC(Cn1ccnc1)C(C)CC. The van der Waals surface area contributed by atoms with E-state index in [1.807, 2.05) is 18.7 Å². The third kappa shape index (κ3) is 4.04. The predicted octanol–water partition coefficient (Wildman–Crippen LogP) is 2.30. The van der Waals surface area contributed by atoms with Gasteiger partial charge in [0.15, 0.2) is 0 Å². The van der Waals surface area contributed by atoms with Crippen LogP contribution in [-0.4, -0.2) is 22.1 Å². The number of hydrogen-bond donors (Lipinski definition) is 1. The van der Waals surface area contributed by atoms with Crippen molar-refractivity contribution in [3.63, 3.8) is 0 Å². The topological polar surface area (TPSA) is 29.9 Å². The van der Waals surface area contributed by atoms with Crippen molar-refractivity contribution in [1.29, 1.82) is 0 Å². The molecule has 2 atom stereocenters. The fraction of sp³-hybridized carbons (Fsp3) is 0.750. The first-order valence-corrected chi connectivity index (χ1v) is 5.97. The van der Waals surface area contributed by atoms with Crippen molar-refractivity contribution in [2.24, 2.45) is 5.92 Å². The second-order valence-electron chi connectivity index (χ2n) is 4.21. The standard InChI is InChI=1S/C12H23N3/c1-4-6-14-12(11(3)5-2)9-15-8-7-13-10-15/h7-8,10-12,14H,4-6,9H2,1-3H3. The second-order valence-corrected chi connectivity index (χ2v) is 4.21. The average molecular weight is 209 g/mol. The Hall–Kier alpha value is -0.830. The van der Waals surface area contributed by atoms with Crippen LogP contribution in [0.5, 0.6) is 0 Å². The highest BCUT2D eigenvalue weighted by atomic mass is 15.1. The summed E-state index contributed by atoms with van der Waals surface area (Å²) in [6.45, 7) is 8.89. The van der Waals surface area contributed by atoms with Crippen LogP contribution in [0.4, 0.5) is 0 Å². The van der Waals surface area contributed by atoms with Gasteiger partial charge < -0.3 is 9.88 Å². The summed E-state index contributed by atoms with van der Waals surface area (Å²) in [6.07, 6.45) is 8.17. The van der Waals surface area contributed by atoms with E-state index >= 15 is 0 Å². The molecule has 0 aliphatic heterocycles. The zero-order chi connectivity index (χ0) is 11.1. The minimum atomic E-state index is 0.559. The third-order valence-corrected chi connectivity index (χ3v) is 2.95. The van der Waals surface area contributed by atoms with Crippen LogP contribution in [0.15, 0.2) is 18.7 Å². The number of aromatic nitrogens is 2. The summed E-state index contributed by atoms with van der Waals surface area (Å²) in [4.78, 5) is 4.08. The predicted molar refractivity (Wildman–Crippen MR) is 63.8 cm³/mol. The van der Waals surface area contributed by atoms with Gasteiger partial charge in [-0.2, -0.15) is 0 Å². The monoisotopic (exact) mass is 209 g/mol. The molecule has 0 aliphatic carbocycles. The molecule has 3 heteroatoms. The fourth-order valence-corrected chi connectivity index (χ4v) is 1.68. The van der Waals surface area contributed by atoms with Crippen LogP contribution in [0.3, 0.4) is 0 Å². The van der Waals surface area contributed by atoms with Crippen molar-refractivity contribution in [2.75, 3.05) is 6.54 Å². The molecule has 15 heavy (non-hydrogen) atoms. The molecule has 0 bridgehead atoms. The molecule has 1 rings (SSSR count). The molecule has 86 valence electrons. The Morgan fingerprint density at radius 2 is 2.20 bits per heavy atom. The quantitative estimate of drug-likeness (QED) is 0.746. The fourth-order valence-electron chi connectivity index (χ4n) is 1.68. The molecule has 0 aromatic carbocycles. The zero-order valence-electron chi connectivity index (χ0n) is 10.1. The van der Waals surface area contributed by atoms with Gasteiger partial charge in [-0.3, -0.25) is 0 Å². The molecule has 1 aromatic rings. The number of hydrogen-bond acceptors (Lipinski definition) is 2. The maximum absolute atomic E-state index is 4.08. The summed E-state index contributed by atoms with van der Waals surface area (Å²) in [5, 5.41) is 3.61. The van der Waals surface area contributed by atoms with Crippen LogP contribution in [0, 0.1) is 5.92 Å². The van der Waals surface area contributed by atoms with E-state index in [2.05, 4.69) is 35.6 Å². The summed E-state index contributed by atoms with van der Waals surface area (Å²) in [6, 6.07) is 0.559. The average Bonchev–Trinajstić information content (AvgIpc) is 2.75. The largest absolute Gasteiger partial charge is 0.336 e. The van der Waals surface area contributed by atoms with Crippen molar-refractivity contribution in [2.45, 2.75) is 46.2 Å². The molecule has 3 nitrogen and oxygen atoms in total. The molecule has 1 aromatic heterocycles. The Kier molecular flexibility index (Phi) is 5.40. The Morgan fingerprint density at radius 3 is 2.73 bits per heavy atom. The van der Waals surface area contributed by atoms with Crippen LogP contribution in [0.25, 0.3) is 0 Å². The molecule has 2 unspecified atom stereocenters. The van der Waals surface area contributed by atoms with E-state index in [9.17, 15) is 0 Å². The van der Waals surface area contributed by atoms with E-state index in [1.54, 1.807) is 0 Å².